The van der Waals surface area contributed by atoms with E-state index < -0.39 is 31.7 Å². The van der Waals surface area contributed by atoms with Gasteiger partial charge in [-0.2, -0.15) is 13.2 Å². The van der Waals surface area contributed by atoms with E-state index in [0.717, 1.165) is 17.5 Å². The minimum Gasteiger partial charge on any atom is -0.256 e. The quantitative estimate of drug-likeness (QED) is 0.706. The van der Waals surface area contributed by atoms with Crippen molar-refractivity contribution in [2.75, 3.05) is 0 Å². The molecule has 0 fully saturated rings. The minimum absolute atomic E-state index is 0.110. The third-order valence-corrected chi connectivity index (χ3v) is 5.45. The van der Waals surface area contributed by atoms with E-state index in [0.29, 0.717) is 17.1 Å². The van der Waals surface area contributed by atoms with Gasteiger partial charge in [-0.3, -0.25) is 4.98 Å². The fourth-order valence-corrected chi connectivity index (χ4v) is 3.71. The Morgan fingerprint density at radius 2 is 1.81 bits per heavy atom. The molecule has 0 bridgehead atoms. The molecular weight excluding hydrogens is 389 g/mol. The summed E-state index contributed by atoms with van der Waals surface area (Å²) in [5.74, 6) is 0. The zero-order valence-electron chi connectivity index (χ0n) is 13.1. The Hall–Kier alpha value is -2.16. The van der Waals surface area contributed by atoms with Gasteiger partial charge in [-0.25, -0.2) is 13.1 Å². The summed E-state index contributed by atoms with van der Waals surface area (Å²) in [6, 6.07) is 11.3. The molecule has 1 heterocycles. The fourth-order valence-electron chi connectivity index (χ4n) is 2.45. The Morgan fingerprint density at radius 1 is 1.08 bits per heavy atom. The number of alkyl halides is 3. The van der Waals surface area contributed by atoms with Gasteiger partial charge in [0.25, 0.3) is 0 Å². The molecule has 0 spiro atoms. The van der Waals surface area contributed by atoms with Gasteiger partial charge in [-0.15, -0.1) is 0 Å². The van der Waals surface area contributed by atoms with E-state index in [1.807, 2.05) is 12.1 Å². The summed E-state index contributed by atoms with van der Waals surface area (Å²) in [5, 5.41) is 0.268. The van der Waals surface area contributed by atoms with Crippen molar-refractivity contribution >= 4 is 32.5 Å². The summed E-state index contributed by atoms with van der Waals surface area (Å²) in [6.07, 6.45) is -3.17. The summed E-state index contributed by atoms with van der Waals surface area (Å²) in [7, 11) is -4.16. The second-order valence-corrected chi connectivity index (χ2v) is 7.63. The molecule has 1 aromatic heterocycles. The van der Waals surface area contributed by atoms with Crippen LogP contribution in [0.5, 0.6) is 0 Å². The van der Waals surface area contributed by atoms with E-state index in [1.165, 1.54) is 0 Å². The zero-order valence-corrected chi connectivity index (χ0v) is 14.7. The first kappa shape index (κ1) is 18.6. The van der Waals surface area contributed by atoms with Crippen molar-refractivity contribution < 1.29 is 21.6 Å². The molecule has 2 aromatic carbocycles. The van der Waals surface area contributed by atoms with Crippen molar-refractivity contribution in [2.24, 2.45) is 0 Å². The lowest BCUT2D eigenvalue weighted by atomic mass is 10.1. The molecular formula is C17H12ClF3N2O2S. The van der Waals surface area contributed by atoms with Gasteiger partial charge in [0, 0.05) is 18.1 Å². The van der Waals surface area contributed by atoms with E-state index in [9.17, 15) is 21.6 Å². The number of fused-ring (bicyclic) bond motifs is 1. The first-order valence-electron chi connectivity index (χ1n) is 7.37. The van der Waals surface area contributed by atoms with Gasteiger partial charge in [0.15, 0.2) is 0 Å². The van der Waals surface area contributed by atoms with Gasteiger partial charge < -0.3 is 0 Å². The van der Waals surface area contributed by atoms with Crippen molar-refractivity contribution in [2.45, 2.75) is 17.6 Å². The van der Waals surface area contributed by atoms with Crippen LogP contribution in [0.25, 0.3) is 10.9 Å². The molecule has 3 aromatic rings. The summed E-state index contributed by atoms with van der Waals surface area (Å²) < 4.78 is 65.9. The van der Waals surface area contributed by atoms with Gasteiger partial charge in [0.2, 0.25) is 10.0 Å². The number of nitrogens with zero attached hydrogens (tertiary/aromatic N) is 1. The molecule has 9 heteroatoms. The van der Waals surface area contributed by atoms with Gasteiger partial charge in [-0.1, -0.05) is 35.9 Å². The normalized spacial score (nSPS) is 12.5. The lowest BCUT2D eigenvalue weighted by molar-refractivity contribution is -0.137. The number of hydrogen-bond acceptors (Lipinski definition) is 3. The van der Waals surface area contributed by atoms with Crippen LogP contribution in [-0.2, 0) is 22.7 Å². The number of sulfonamides is 1. The maximum Gasteiger partial charge on any atom is 0.417 e. The highest BCUT2D eigenvalue weighted by Gasteiger charge is 2.34. The van der Waals surface area contributed by atoms with Crippen LogP contribution in [0.2, 0.25) is 5.02 Å². The van der Waals surface area contributed by atoms with E-state index in [4.69, 9.17) is 11.6 Å². The molecule has 0 saturated carbocycles. The number of aromatic nitrogens is 1. The van der Waals surface area contributed by atoms with Gasteiger partial charge in [0.05, 0.1) is 21.0 Å². The molecule has 3 rings (SSSR count). The van der Waals surface area contributed by atoms with Crippen LogP contribution in [0.3, 0.4) is 0 Å². The fraction of sp³-hybridized carbons (Fsp3) is 0.118. The monoisotopic (exact) mass is 400 g/mol. The smallest absolute Gasteiger partial charge is 0.256 e. The second kappa shape index (κ2) is 6.86. The topological polar surface area (TPSA) is 59.1 Å². The Morgan fingerprint density at radius 3 is 2.54 bits per heavy atom. The number of pyridine rings is 1. The largest absolute Gasteiger partial charge is 0.417 e. The molecule has 0 atom stereocenters. The third-order valence-electron chi connectivity index (χ3n) is 3.72. The molecule has 1 N–H and O–H groups in total. The first-order valence-corrected chi connectivity index (χ1v) is 9.23. The van der Waals surface area contributed by atoms with Crippen LogP contribution in [0, 0.1) is 0 Å². The molecule has 0 amide bonds. The highest BCUT2D eigenvalue weighted by Crippen LogP contribution is 2.35. The van der Waals surface area contributed by atoms with Gasteiger partial charge >= 0.3 is 6.18 Å². The molecule has 136 valence electrons. The highest BCUT2D eigenvalue weighted by molar-refractivity contribution is 7.89. The van der Waals surface area contributed by atoms with Crippen molar-refractivity contribution in [3.63, 3.8) is 0 Å². The Kier molecular flexibility index (Phi) is 4.92. The van der Waals surface area contributed by atoms with Crippen molar-refractivity contribution in [1.82, 2.24) is 9.71 Å². The van der Waals surface area contributed by atoms with Crippen LogP contribution in [0.1, 0.15) is 11.1 Å². The molecule has 0 aliphatic carbocycles. The maximum atomic E-state index is 12.9. The standard InChI is InChI=1S/C17H12ClF3N2O2S/c18-15-7-6-13(9-14(15)17(19,20)21)26(24,25)23-10-12-4-1-3-11-5-2-8-22-16(11)12/h1-9,23H,10H2. The van der Waals surface area contributed by atoms with Crippen LogP contribution < -0.4 is 4.72 Å². The number of halogens is 4. The van der Waals surface area contributed by atoms with Gasteiger partial charge in [-0.05, 0) is 29.8 Å². The van der Waals surface area contributed by atoms with E-state index in [2.05, 4.69) is 9.71 Å². The van der Waals surface area contributed by atoms with Crippen molar-refractivity contribution in [3.8, 4) is 0 Å². The van der Waals surface area contributed by atoms with E-state index in [-0.39, 0.29) is 6.54 Å². The molecule has 0 aliphatic rings. The van der Waals surface area contributed by atoms with Crippen molar-refractivity contribution in [1.29, 1.82) is 0 Å². The average Bonchev–Trinajstić information content (AvgIpc) is 2.59. The number of hydrogen-bond donors (Lipinski definition) is 1. The SMILES string of the molecule is O=S(=O)(NCc1cccc2cccnc12)c1ccc(Cl)c(C(F)(F)F)c1. The summed E-state index contributed by atoms with van der Waals surface area (Å²) >= 11 is 5.53. The summed E-state index contributed by atoms with van der Waals surface area (Å²) in [4.78, 5) is 3.70. The molecule has 0 radical (unpaired) electrons. The predicted octanol–water partition coefficient (Wildman–Crippen LogP) is 4.39. The molecule has 0 saturated heterocycles. The summed E-state index contributed by atoms with van der Waals surface area (Å²) in [6.45, 7) is -0.110. The maximum absolute atomic E-state index is 12.9. The highest BCUT2D eigenvalue weighted by atomic mass is 35.5. The number of rotatable bonds is 4. The van der Waals surface area contributed by atoms with Gasteiger partial charge in [0.1, 0.15) is 0 Å². The van der Waals surface area contributed by atoms with E-state index in [1.54, 1.807) is 24.4 Å². The molecule has 26 heavy (non-hydrogen) atoms. The number of benzene rings is 2. The van der Waals surface area contributed by atoms with Crippen LogP contribution >= 0.6 is 11.6 Å². The van der Waals surface area contributed by atoms with Crippen LogP contribution in [0.4, 0.5) is 13.2 Å². The predicted molar refractivity (Wildman–Crippen MR) is 92.2 cm³/mol. The Balaban J connectivity index is 1.90. The molecule has 4 nitrogen and oxygen atoms in total. The first-order chi connectivity index (χ1) is 12.2. The zero-order chi connectivity index (χ0) is 18.9. The number of para-hydroxylation sites is 1. The van der Waals surface area contributed by atoms with Crippen LogP contribution in [0.15, 0.2) is 59.6 Å². The Bertz CT molecular complexity index is 1060. The molecule has 0 aliphatic heterocycles. The second-order valence-electron chi connectivity index (χ2n) is 5.46. The Labute approximate surface area is 152 Å². The van der Waals surface area contributed by atoms with Crippen LogP contribution in [-0.4, -0.2) is 13.4 Å². The lowest BCUT2D eigenvalue weighted by Crippen LogP contribution is -2.24. The van der Waals surface area contributed by atoms with E-state index >= 15 is 0 Å². The number of nitrogens with one attached hydrogen (secondary N) is 1. The molecule has 0 unspecified atom stereocenters. The van der Waals surface area contributed by atoms with Crippen molar-refractivity contribution in [3.05, 3.63) is 70.9 Å². The third kappa shape index (κ3) is 3.82. The lowest BCUT2D eigenvalue weighted by Gasteiger charge is -2.12. The average molecular weight is 401 g/mol. The summed E-state index contributed by atoms with van der Waals surface area (Å²) in [5.41, 5.74) is 0.0235. The minimum atomic E-state index is -4.75.